The van der Waals surface area contributed by atoms with Crippen LogP contribution >= 0.6 is 0 Å². The first kappa shape index (κ1) is 16.1. The molecule has 1 N–H and O–H groups in total. The van der Waals surface area contributed by atoms with Crippen molar-refractivity contribution in [1.82, 2.24) is 9.78 Å². The largest absolute Gasteiger partial charge is 0.494 e. The lowest BCUT2D eigenvalue weighted by molar-refractivity contribution is -0.116. The van der Waals surface area contributed by atoms with E-state index in [0.29, 0.717) is 19.6 Å². The minimum absolute atomic E-state index is 0.0153. The molecule has 2 rings (SSSR count). The highest BCUT2D eigenvalue weighted by Crippen LogP contribution is 2.21. The number of amides is 1. The Morgan fingerprint density at radius 1 is 1.36 bits per heavy atom. The quantitative estimate of drug-likeness (QED) is 0.853. The summed E-state index contributed by atoms with van der Waals surface area (Å²) in [6, 6.07) is 5.72. The Bertz CT molecular complexity index is 635. The zero-order valence-electron chi connectivity index (χ0n) is 13.4. The van der Waals surface area contributed by atoms with Crippen LogP contribution in [-0.2, 0) is 11.3 Å². The molecule has 0 fully saturated rings. The van der Waals surface area contributed by atoms with Crippen molar-refractivity contribution in [2.75, 3.05) is 11.9 Å². The molecular weight excluding hydrogens is 278 g/mol. The van der Waals surface area contributed by atoms with Crippen LogP contribution in [-0.4, -0.2) is 22.3 Å². The minimum Gasteiger partial charge on any atom is -0.494 e. The second-order valence-electron chi connectivity index (χ2n) is 5.40. The fourth-order valence-corrected chi connectivity index (χ4v) is 2.10. The van der Waals surface area contributed by atoms with Gasteiger partial charge in [0.15, 0.2) is 0 Å². The Hall–Kier alpha value is -2.30. The van der Waals surface area contributed by atoms with Crippen LogP contribution in [0.2, 0.25) is 0 Å². The third kappa shape index (κ3) is 4.62. The van der Waals surface area contributed by atoms with Crippen LogP contribution in [0.15, 0.2) is 30.6 Å². The van der Waals surface area contributed by atoms with Crippen molar-refractivity contribution >= 4 is 11.6 Å². The third-order valence-corrected chi connectivity index (χ3v) is 3.28. The maximum Gasteiger partial charge on any atom is 0.226 e. The number of carbonyl (C=O) groups excluding carboxylic acids is 1. The van der Waals surface area contributed by atoms with E-state index in [-0.39, 0.29) is 5.91 Å². The van der Waals surface area contributed by atoms with Gasteiger partial charge in [0.05, 0.1) is 12.8 Å². The summed E-state index contributed by atoms with van der Waals surface area (Å²) in [5.41, 5.74) is 2.92. The molecule has 2 aromatic rings. The standard InChI is InChI=1S/C17H23N3O2/c1-4-9-22-15-5-6-16(14(3)10-15)19-17(21)7-8-20-12-13(2)11-18-20/h5-6,10-12H,4,7-9H2,1-3H3,(H,19,21). The summed E-state index contributed by atoms with van der Waals surface area (Å²) in [7, 11) is 0. The van der Waals surface area contributed by atoms with E-state index in [0.717, 1.165) is 29.0 Å². The molecule has 0 saturated heterocycles. The second kappa shape index (κ2) is 7.64. The van der Waals surface area contributed by atoms with Crippen LogP contribution in [0, 0.1) is 13.8 Å². The molecule has 0 aliphatic carbocycles. The predicted molar refractivity (Wildman–Crippen MR) is 87.2 cm³/mol. The molecule has 0 spiro atoms. The third-order valence-electron chi connectivity index (χ3n) is 3.28. The molecule has 1 aromatic heterocycles. The van der Waals surface area contributed by atoms with Crippen LogP contribution in [0.5, 0.6) is 5.75 Å². The number of carbonyl (C=O) groups is 1. The van der Waals surface area contributed by atoms with Crippen molar-refractivity contribution in [3.05, 3.63) is 41.7 Å². The average molecular weight is 301 g/mol. The Morgan fingerprint density at radius 3 is 2.82 bits per heavy atom. The van der Waals surface area contributed by atoms with Crippen LogP contribution in [0.25, 0.3) is 0 Å². The van der Waals surface area contributed by atoms with Gasteiger partial charge in [-0.3, -0.25) is 9.48 Å². The highest BCUT2D eigenvalue weighted by molar-refractivity contribution is 5.91. The summed E-state index contributed by atoms with van der Waals surface area (Å²) in [4.78, 5) is 12.0. The van der Waals surface area contributed by atoms with E-state index in [1.165, 1.54) is 0 Å². The van der Waals surface area contributed by atoms with E-state index in [1.807, 2.05) is 38.2 Å². The van der Waals surface area contributed by atoms with Gasteiger partial charge < -0.3 is 10.1 Å². The molecule has 0 unspecified atom stereocenters. The summed E-state index contributed by atoms with van der Waals surface area (Å²) in [6.45, 7) is 7.30. The summed E-state index contributed by atoms with van der Waals surface area (Å²) >= 11 is 0. The number of hydrogen-bond acceptors (Lipinski definition) is 3. The number of aromatic nitrogens is 2. The van der Waals surface area contributed by atoms with Gasteiger partial charge in [-0.1, -0.05) is 6.92 Å². The van der Waals surface area contributed by atoms with Crippen molar-refractivity contribution in [2.24, 2.45) is 0 Å². The Kier molecular flexibility index (Phi) is 5.58. The van der Waals surface area contributed by atoms with Crippen LogP contribution < -0.4 is 10.1 Å². The maximum atomic E-state index is 12.0. The van der Waals surface area contributed by atoms with Gasteiger partial charge in [0, 0.05) is 24.8 Å². The first-order valence-electron chi connectivity index (χ1n) is 7.61. The smallest absolute Gasteiger partial charge is 0.226 e. The van der Waals surface area contributed by atoms with Crippen molar-refractivity contribution < 1.29 is 9.53 Å². The van der Waals surface area contributed by atoms with Gasteiger partial charge in [-0.25, -0.2) is 0 Å². The minimum atomic E-state index is -0.0153. The lowest BCUT2D eigenvalue weighted by atomic mass is 10.2. The number of anilines is 1. The zero-order valence-corrected chi connectivity index (χ0v) is 13.4. The monoisotopic (exact) mass is 301 g/mol. The molecule has 0 aliphatic rings. The highest BCUT2D eigenvalue weighted by atomic mass is 16.5. The lowest BCUT2D eigenvalue weighted by Gasteiger charge is -2.11. The van der Waals surface area contributed by atoms with Gasteiger partial charge >= 0.3 is 0 Å². The Labute approximate surface area is 131 Å². The average Bonchev–Trinajstić information content (AvgIpc) is 2.91. The van der Waals surface area contributed by atoms with Gasteiger partial charge in [0.2, 0.25) is 5.91 Å². The lowest BCUT2D eigenvalue weighted by Crippen LogP contribution is -2.15. The highest BCUT2D eigenvalue weighted by Gasteiger charge is 2.07. The van der Waals surface area contributed by atoms with Gasteiger partial charge in [-0.2, -0.15) is 5.10 Å². The van der Waals surface area contributed by atoms with Crippen molar-refractivity contribution in [2.45, 2.75) is 40.2 Å². The SMILES string of the molecule is CCCOc1ccc(NC(=O)CCn2cc(C)cn2)c(C)c1. The fraction of sp³-hybridized carbons (Fsp3) is 0.412. The molecule has 0 saturated carbocycles. The first-order valence-corrected chi connectivity index (χ1v) is 7.61. The van der Waals surface area contributed by atoms with Gasteiger partial charge in [-0.15, -0.1) is 0 Å². The number of rotatable bonds is 7. The molecule has 5 nitrogen and oxygen atoms in total. The predicted octanol–water partition coefficient (Wildman–Crippen LogP) is 3.32. The molecule has 0 bridgehead atoms. The molecule has 22 heavy (non-hydrogen) atoms. The fourth-order valence-electron chi connectivity index (χ4n) is 2.10. The van der Waals surface area contributed by atoms with Gasteiger partial charge in [0.25, 0.3) is 0 Å². The van der Waals surface area contributed by atoms with Crippen molar-refractivity contribution in [3.8, 4) is 5.75 Å². The summed E-state index contributed by atoms with van der Waals surface area (Å²) in [5, 5.41) is 7.11. The van der Waals surface area contributed by atoms with E-state index in [9.17, 15) is 4.79 Å². The van der Waals surface area contributed by atoms with Crippen molar-refractivity contribution in [1.29, 1.82) is 0 Å². The zero-order chi connectivity index (χ0) is 15.9. The number of nitrogens with zero attached hydrogens (tertiary/aromatic N) is 2. The number of hydrogen-bond donors (Lipinski definition) is 1. The van der Waals surface area contributed by atoms with Gasteiger partial charge in [0.1, 0.15) is 5.75 Å². The molecule has 5 heteroatoms. The number of benzene rings is 1. The number of ether oxygens (including phenoxy) is 1. The molecule has 1 amide bonds. The van der Waals surface area contributed by atoms with Crippen molar-refractivity contribution in [3.63, 3.8) is 0 Å². The summed E-state index contributed by atoms with van der Waals surface area (Å²) < 4.78 is 7.36. The van der Waals surface area contributed by atoms with E-state index >= 15 is 0 Å². The molecule has 1 heterocycles. The molecule has 0 atom stereocenters. The molecular formula is C17H23N3O2. The molecule has 0 aliphatic heterocycles. The topological polar surface area (TPSA) is 56.1 Å². The molecule has 118 valence electrons. The van der Waals surface area contributed by atoms with E-state index in [1.54, 1.807) is 10.9 Å². The summed E-state index contributed by atoms with van der Waals surface area (Å²) in [6.07, 6.45) is 5.09. The Morgan fingerprint density at radius 2 is 2.18 bits per heavy atom. The Balaban J connectivity index is 1.88. The van der Waals surface area contributed by atoms with Crippen LogP contribution in [0.3, 0.4) is 0 Å². The number of nitrogens with one attached hydrogen (secondary N) is 1. The summed E-state index contributed by atoms with van der Waals surface area (Å²) in [5.74, 6) is 0.822. The van der Waals surface area contributed by atoms with Crippen LogP contribution in [0.1, 0.15) is 30.9 Å². The first-order chi connectivity index (χ1) is 10.6. The maximum absolute atomic E-state index is 12.0. The van der Waals surface area contributed by atoms with Gasteiger partial charge in [-0.05, 0) is 49.6 Å². The molecule has 0 radical (unpaired) electrons. The molecule has 1 aromatic carbocycles. The van der Waals surface area contributed by atoms with Crippen LogP contribution in [0.4, 0.5) is 5.69 Å². The second-order valence-corrected chi connectivity index (χ2v) is 5.40. The normalized spacial score (nSPS) is 10.5. The number of aryl methyl sites for hydroxylation is 3. The van der Waals surface area contributed by atoms with E-state index in [2.05, 4.69) is 17.3 Å². The van der Waals surface area contributed by atoms with E-state index in [4.69, 9.17) is 4.74 Å². The van der Waals surface area contributed by atoms with E-state index < -0.39 is 0 Å².